The molecule has 0 rings (SSSR count). The summed E-state index contributed by atoms with van der Waals surface area (Å²) in [5, 5.41) is 0. The number of nitrogens with zero attached hydrogens (tertiary/aromatic N) is 2. The lowest BCUT2D eigenvalue weighted by Gasteiger charge is -2.20. The van der Waals surface area contributed by atoms with Crippen LogP contribution in [0.1, 0.15) is 33.1 Å². The number of allylic oxidation sites excluding steroid dienone is 1. The summed E-state index contributed by atoms with van der Waals surface area (Å²) < 4.78 is 11.1. The van der Waals surface area contributed by atoms with Gasteiger partial charge in [0.25, 0.3) is 0 Å². The van der Waals surface area contributed by atoms with E-state index in [1.165, 1.54) is 12.8 Å². The van der Waals surface area contributed by atoms with Gasteiger partial charge in [-0.2, -0.15) is 12.6 Å². The quantitative estimate of drug-likeness (QED) is 0.245. The fourth-order valence-corrected chi connectivity index (χ4v) is 1.84. The summed E-state index contributed by atoms with van der Waals surface area (Å²) in [5.74, 6) is 0.572. The zero-order chi connectivity index (χ0) is 15.1. The Hall–Kier alpha value is -0.780. The van der Waals surface area contributed by atoms with Crippen molar-refractivity contribution in [1.29, 1.82) is 0 Å². The highest BCUT2D eigenvalue weighted by Crippen LogP contribution is 2.07. The Labute approximate surface area is 129 Å². The van der Waals surface area contributed by atoms with Crippen LogP contribution in [0.3, 0.4) is 0 Å². The zero-order valence-electron chi connectivity index (χ0n) is 12.8. The fourth-order valence-electron chi connectivity index (χ4n) is 1.56. The van der Waals surface area contributed by atoms with Crippen LogP contribution < -0.4 is 0 Å². The number of aliphatic imine (C=N–C) groups is 1. The summed E-state index contributed by atoms with van der Waals surface area (Å²) in [6.07, 6.45) is 9.14. The van der Waals surface area contributed by atoms with Crippen molar-refractivity contribution in [3.63, 3.8) is 0 Å². The second kappa shape index (κ2) is 14.6. The molecule has 0 spiro atoms. The van der Waals surface area contributed by atoms with Crippen LogP contribution >= 0.6 is 12.6 Å². The van der Waals surface area contributed by atoms with E-state index in [4.69, 9.17) is 9.47 Å². The Kier molecular flexibility index (Phi) is 14.1. The lowest BCUT2D eigenvalue weighted by atomic mass is 10.3. The molecule has 0 N–H and O–H groups in total. The van der Waals surface area contributed by atoms with Crippen LogP contribution in [0.5, 0.6) is 0 Å². The lowest BCUT2D eigenvalue weighted by molar-refractivity contribution is 0.0507. The number of thiol groups is 1. The van der Waals surface area contributed by atoms with Gasteiger partial charge in [0.2, 0.25) is 0 Å². The normalized spacial score (nSPS) is 12.1. The van der Waals surface area contributed by atoms with Gasteiger partial charge in [-0.3, -0.25) is 4.99 Å². The molecule has 0 aromatic carbocycles. The molecule has 0 bridgehead atoms. The van der Waals surface area contributed by atoms with E-state index in [2.05, 4.69) is 31.3 Å². The average molecular weight is 300 g/mol. The van der Waals surface area contributed by atoms with Gasteiger partial charge in [0.1, 0.15) is 0 Å². The van der Waals surface area contributed by atoms with Gasteiger partial charge in [-0.05, 0) is 20.1 Å². The molecule has 0 saturated carbocycles. The maximum absolute atomic E-state index is 5.59. The molecular formula is C15H28N2O2S. The first kappa shape index (κ1) is 19.2. The van der Waals surface area contributed by atoms with Crippen LogP contribution in [0.25, 0.3) is 0 Å². The van der Waals surface area contributed by atoms with Crippen LogP contribution in [-0.4, -0.2) is 43.9 Å². The minimum absolute atomic E-state index is 0.474. The predicted molar refractivity (Wildman–Crippen MR) is 89.3 cm³/mol. The first-order valence-electron chi connectivity index (χ1n) is 7.10. The van der Waals surface area contributed by atoms with E-state index >= 15 is 0 Å². The highest BCUT2D eigenvalue weighted by molar-refractivity contribution is 7.80. The fraction of sp³-hybridized carbons (Fsp3) is 0.667. The third-order valence-electron chi connectivity index (χ3n) is 2.60. The molecule has 0 saturated heterocycles. The molecule has 0 aromatic rings. The summed E-state index contributed by atoms with van der Waals surface area (Å²) in [6, 6.07) is 0. The van der Waals surface area contributed by atoms with Crippen LogP contribution in [0.4, 0.5) is 0 Å². The van der Waals surface area contributed by atoms with E-state index in [1.54, 1.807) is 6.20 Å². The van der Waals surface area contributed by atoms with Gasteiger partial charge < -0.3 is 14.4 Å². The standard InChI is InChI=1S/C15H28N2O2S/c1-4-6-7-9-18-10-11-19-13-15(12-16-3)17(14-20)8-5-2/h5,8,12,20H,3-4,6-7,9-11,13-14H2,1-2H3/b8-5-,15-12-. The van der Waals surface area contributed by atoms with E-state index in [1.807, 2.05) is 24.1 Å². The van der Waals surface area contributed by atoms with Crippen molar-refractivity contribution in [2.24, 2.45) is 4.99 Å². The number of hydrogen-bond donors (Lipinski definition) is 1. The van der Waals surface area contributed by atoms with Gasteiger partial charge in [-0.15, -0.1) is 0 Å². The van der Waals surface area contributed by atoms with Gasteiger partial charge >= 0.3 is 0 Å². The first-order valence-corrected chi connectivity index (χ1v) is 7.74. The van der Waals surface area contributed by atoms with Gasteiger partial charge in [0.15, 0.2) is 0 Å². The summed E-state index contributed by atoms with van der Waals surface area (Å²) in [4.78, 5) is 5.76. The van der Waals surface area contributed by atoms with Crippen molar-refractivity contribution in [2.75, 3.05) is 32.3 Å². The number of ether oxygens (including phenoxy) is 2. The summed E-state index contributed by atoms with van der Waals surface area (Å²) in [5.41, 5.74) is 0.930. The van der Waals surface area contributed by atoms with Crippen LogP contribution in [0.2, 0.25) is 0 Å². The summed E-state index contributed by atoms with van der Waals surface area (Å²) in [7, 11) is 0. The molecular weight excluding hydrogens is 272 g/mol. The Morgan fingerprint density at radius 1 is 1.25 bits per heavy atom. The third-order valence-corrected chi connectivity index (χ3v) is 2.91. The van der Waals surface area contributed by atoms with Gasteiger partial charge in [0.05, 0.1) is 31.4 Å². The Morgan fingerprint density at radius 3 is 2.60 bits per heavy atom. The van der Waals surface area contributed by atoms with E-state index < -0.39 is 0 Å². The van der Waals surface area contributed by atoms with Crippen molar-refractivity contribution >= 4 is 19.3 Å². The second-order valence-corrected chi connectivity index (χ2v) is 4.55. The molecule has 0 fully saturated rings. The number of hydrogen-bond acceptors (Lipinski definition) is 5. The Bertz CT molecular complexity index is 294. The maximum atomic E-state index is 5.59. The summed E-state index contributed by atoms with van der Waals surface area (Å²) >= 11 is 4.28. The van der Waals surface area contributed by atoms with E-state index in [0.29, 0.717) is 25.7 Å². The van der Waals surface area contributed by atoms with Crippen LogP contribution in [0.15, 0.2) is 29.2 Å². The monoisotopic (exact) mass is 300 g/mol. The van der Waals surface area contributed by atoms with Crippen molar-refractivity contribution in [3.8, 4) is 0 Å². The SMILES string of the molecule is C=N/C=C(/COCCOCCCCC)N(/C=C\C)CS. The Balaban J connectivity index is 3.87. The molecule has 0 radical (unpaired) electrons. The molecule has 0 heterocycles. The highest BCUT2D eigenvalue weighted by atomic mass is 32.1. The van der Waals surface area contributed by atoms with Crippen molar-refractivity contribution in [1.82, 2.24) is 4.90 Å². The first-order chi connectivity index (χ1) is 9.79. The molecule has 5 heteroatoms. The van der Waals surface area contributed by atoms with Gasteiger partial charge in [-0.25, -0.2) is 0 Å². The van der Waals surface area contributed by atoms with E-state index in [-0.39, 0.29) is 0 Å². The highest BCUT2D eigenvalue weighted by Gasteiger charge is 2.04. The average Bonchev–Trinajstić information content (AvgIpc) is 2.46. The van der Waals surface area contributed by atoms with Crippen LogP contribution in [-0.2, 0) is 9.47 Å². The molecule has 116 valence electrons. The zero-order valence-corrected chi connectivity index (χ0v) is 13.6. The molecule has 0 aliphatic carbocycles. The number of rotatable bonds is 13. The van der Waals surface area contributed by atoms with E-state index in [9.17, 15) is 0 Å². The van der Waals surface area contributed by atoms with Crippen molar-refractivity contribution in [3.05, 3.63) is 24.2 Å². The van der Waals surface area contributed by atoms with Crippen molar-refractivity contribution in [2.45, 2.75) is 33.1 Å². The molecule has 0 unspecified atom stereocenters. The molecule has 0 aliphatic rings. The third kappa shape index (κ3) is 10.1. The van der Waals surface area contributed by atoms with Gasteiger partial charge in [-0.1, -0.05) is 25.8 Å². The summed E-state index contributed by atoms with van der Waals surface area (Å²) in [6.45, 7) is 10.1. The second-order valence-electron chi connectivity index (χ2n) is 4.27. The topological polar surface area (TPSA) is 34.1 Å². The molecule has 0 atom stereocenters. The minimum atomic E-state index is 0.474. The van der Waals surface area contributed by atoms with Crippen molar-refractivity contribution < 1.29 is 9.47 Å². The van der Waals surface area contributed by atoms with Gasteiger partial charge in [0, 0.05) is 19.0 Å². The molecule has 0 aliphatic heterocycles. The maximum Gasteiger partial charge on any atom is 0.0884 e. The Morgan fingerprint density at radius 2 is 2.00 bits per heavy atom. The smallest absolute Gasteiger partial charge is 0.0884 e. The molecule has 20 heavy (non-hydrogen) atoms. The largest absolute Gasteiger partial charge is 0.379 e. The predicted octanol–water partition coefficient (Wildman–Crippen LogP) is 3.47. The minimum Gasteiger partial charge on any atom is -0.379 e. The molecule has 0 amide bonds. The lowest BCUT2D eigenvalue weighted by Crippen LogP contribution is -2.19. The number of unbranched alkanes of at least 4 members (excludes halogenated alkanes) is 2. The molecule has 0 aromatic heterocycles. The van der Waals surface area contributed by atoms with Crippen LogP contribution in [0, 0.1) is 0 Å². The molecule has 4 nitrogen and oxygen atoms in total. The van der Waals surface area contributed by atoms with E-state index in [0.717, 1.165) is 18.7 Å².